The van der Waals surface area contributed by atoms with Gasteiger partial charge in [-0.2, -0.15) is 13.2 Å². The molecule has 0 radical (unpaired) electrons. The molecule has 1 saturated heterocycles. The zero-order valence-corrected chi connectivity index (χ0v) is 14.6. The Morgan fingerprint density at radius 1 is 1.38 bits per heavy atom. The maximum atomic E-state index is 12.4. The zero-order chi connectivity index (χ0) is 16.2. The molecule has 2 rings (SSSR count). The number of nitrogens with zero attached hydrogens (tertiary/aromatic N) is 2. The molecule has 1 N–H and O–H groups in total. The van der Waals surface area contributed by atoms with Gasteiger partial charge < -0.3 is 15.0 Å². The van der Waals surface area contributed by atoms with Crippen molar-refractivity contribution in [2.45, 2.75) is 25.1 Å². The van der Waals surface area contributed by atoms with Gasteiger partial charge in [-0.1, -0.05) is 0 Å². The summed E-state index contributed by atoms with van der Waals surface area (Å²) in [6, 6.07) is 3.30. The van der Waals surface area contributed by atoms with Gasteiger partial charge >= 0.3 is 6.18 Å². The van der Waals surface area contributed by atoms with Gasteiger partial charge in [0, 0.05) is 25.3 Å². The molecule has 2 heterocycles. The minimum atomic E-state index is -4.47. The molecular formula is C14H20Cl2F3N3O2. The average Bonchev–Trinajstić information content (AvgIpc) is 2.52. The fourth-order valence-electron chi connectivity index (χ4n) is 2.36. The van der Waals surface area contributed by atoms with E-state index in [0.717, 1.165) is 12.8 Å². The van der Waals surface area contributed by atoms with Gasteiger partial charge in [0.2, 0.25) is 5.88 Å². The van der Waals surface area contributed by atoms with Crippen LogP contribution in [0.1, 0.15) is 23.2 Å². The van der Waals surface area contributed by atoms with Crippen LogP contribution in [0.25, 0.3) is 0 Å². The molecule has 1 amide bonds. The van der Waals surface area contributed by atoms with Crippen molar-refractivity contribution in [1.29, 1.82) is 0 Å². The van der Waals surface area contributed by atoms with Gasteiger partial charge in [0.15, 0.2) is 6.61 Å². The van der Waals surface area contributed by atoms with E-state index in [0.29, 0.717) is 19.1 Å². The molecule has 10 heteroatoms. The Labute approximate surface area is 150 Å². The Bertz CT molecular complexity index is 524. The molecule has 1 aliphatic rings. The Hall–Kier alpha value is -1.25. The van der Waals surface area contributed by atoms with Crippen LogP contribution in [0.5, 0.6) is 5.88 Å². The first-order valence-corrected chi connectivity index (χ1v) is 7.02. The number of carbonyl (C=O) groups is 1. The van der Waals surface area contributed by atoms with Gasteiger partial charge in [0.05, 0.1) is 0 Å². The summed E-state index contributed by atoms with van der Waals surface area (Å²) in [5, 5.41) is 3.15. The van der Waals surface area contributed by atoms with Crippen LogP contribution in [0.2, 0.25) is 0 Å². The number of pyridine rings is 1. The summed E-state index contributed by atoms with van der Waals surface area (Å²) in [5.74, 6) is -0.625. The number of rotatable bonds is 4. The second-order valence-electron chi connectivity index (χ2n) is 5.12. The van der Waals surface area contributed by atoms with Gasteiger partial charge in [-0.15, -0.1) is 24.8 Å². The van der Waals surface area contributed by atoms with Crippen LogP contribution >= 0.6 is 24.8 Å². The summed E-state index contributed by atoms with van der Waals surface area (Å²) < 4.78 is 41.4. The zero-order valence-electron chi connectivity index (χ0n) is 13.0. The number of hydrogen-bond donors (Lipinski definition) is 1. The summed E-state index contributed by atoms with van der Waals surface area (Å²) in [4.78, 5) is 17.8. The first-order chi connectivity index (χ1) is 10.4. The molecule has 1 aliphatic heterocycles. The average molecular weight is 390 g/mol. The van der Waals surface area contributed by atoms with E-state index in [-0.39, 0.29) is 42.2 Å². The molecule has 24 heavy (non-hydrogen) atoms. The molecule has 1 aromatic rings. The number of amides is 1. The highest BCUT2D eigenvalue weighted by molar-refractivity contribution is 5.96. The number of likely N-dealkylation sites (tertiary alicyclic amines) is 1. The number of carbonyl (C=O) groups excluding carboxylic acids is 1. The van der Waals surface area contributed by atoms with E-state index in [1.165, 1.54) is 18.3 Å². The van der Waals surface area contributed by atoms with E-state index in [1.807, 2.05) is 7.05 Å². The summed E-state index contributed by atoms with van der Waals surface area (Å²) in [7, 11) is 1.87. The van der Waals surface area contributed by atoms with Crippen molar-refractivity contribution in [2.24, 2.45) is 0 Å². The maximum absolute atomic E-state index is 12.4. The number of alkyl halides is 3. The lowest BCUT2D eigenvalue weighted by Gasteiger charge is -2.32. The molecule has 1 aromatic heterocycles. The van der Waals surface area contributed by atoms with Crippen LogP contribution in [0.15, 0.2) is 18.3 Å². The number of hydrogen-bond acceptors (Lipinski definition) is 4. The number of nitrogens with one attached hydrogen (secondary N) is 1. The van der Waals surface area contributed by atoms with Gasteiger partial charge in [-0.25, -0.2) is 4.98 Å². The molecule has 0 aromatic carbocycles. The quantitative estimate of drug-likeness (QED) is 0.859. The first kappa shape index (κ1) is 22.8. The van der Waals surface area contributed by atoms with Crippen LogP contribution in [0.3, 0.4) is 0 Å². The molecule has 138 valence electrons. The molecule has 0 unspecified atom stereocenters. The van der Waals surface area contributed by atoms with E-state index >= 15 is 0 Å². The lowest BCUT2D eigenvalue weighted by atomic mass is 10.0. The van der Waals surface area contributed by atoms with Crippen molar-refractivity contribution in [3.63, 3.8) is 0 Å². The lowest BCUT2D eigenvalue weighted by Crippen LogP contribution is -2.44. The first-order valence-electron chi connectivity index (χ1n) is 7.02. The second kappa shape index (κ2) is 9.90. The van der Waals surface area contributed by atoms with Gasteiger partial charge in [-0.3, -0.25) is 4.79 Å². The minimum absolute atomic E-state index is 0. The van der Waals surface area contributed by atoms with E-state index in [2.05, 4.69) is 15.0 Å². The summed E-state index contributed by atoms with van der Waals surface area (Å²) >= 11 is 0. The SMILES string of the molecule is CNC1CCN(C(=O)c2cccnc2OCC(F)(F)F)CC1.Cl.Cl. The number of halogens is 5. The Morgan fingerprint density at radius 3 is 2.54 bits per heavy atom. The Balaban J connectivity index is 0.00000264. The third-order valence-electron chi connectivity index (χ3n) is 3.56. The fourth-order valence-corrected chi connectivity index (χ4v) is 2.36. The second-order valence-corrected chi connectivity index (χ2v) is 5.12. The lowest BCUT2D eigenvalue weighted by molar-refractivity contribution is -0.154. The highest BCUT2D eigenvalue weighted by atomic mass is 35.5. The summed E-state index contributed by atoms with van der Waals surface area (Å²) in [6.45, 7) is -0.359. The van der Waals surface area contributed by atoms with Crippen LogP contribution in [-0.4, -0.2) is 54.8 Å². The fraction of sp³-hybridized carbons (Fsp3) is 0.571. The number of piperidine rings is 1. The third kappa shape index (κ3) is 6.33. The predicted octanol–water partition coefficient (Wildman–Crippen LogP) is 2.69. The van der Waals surface area contributed by atoms with Crippen LogP contribution < -0.4 is 10.1 Å². The highest BCUT2D eigenvalue weighted by Crippen LogP contribution is 2.22. The third-order valence-corrected chi connectivity index (χ3v) is 3.56. The maximum Gasteiger partial charge on any atom is 0.422 e. The molecule has 0 spiro atoms. The molecule has 0 saturated carbocycles. The Morgan fingerprint density at radius 2 is 2.00 bits per heavy atom. The summed E-state index contributed by atoms with van der Waals surface area (Å²) in [6.07, 6.45) is -1.55. The van der Waals surface area contributed by atoms with Crippen molar-refractivity contribution in [2.75, 3.05) is 26.7 Å². The van der Waals surface area contributed by atoms with E-state index < -0.39 is 12.8 Å². The molecule has 1 fully saturated rings. The monoisotopic (exact) mass is 389 g/mol. The van der Waals surface area contributed by atoms with Crippen molar-refractivity contribution in [3.05, 3.63) is 23.9 Å². The largest absolute Gasteiger partial charge is 0.467 e. The van der Waals surface area contributed by atoms with Gasteiger partial charge in [0.25, 0.3) is 5.91 Å². The van der Waals surface area contributed by atoms with Crippen LogP contribution in [0.4, 0.5) is 13.2 Å². The van der Waals surface area contributed by atoms with Crippen molar-refractivity contribution in [1.82, 2.24) is 15.2 Å². The Kier molecular flexibility index (Phi) is 9.39. The summed E-state index contributed by atoms with van der Waals surface area (Å²) in [5.41, 5.74) is 0.0645. The standard InChI is InChI=1S/C14H18F3N3O2.2ClH/c1-18-10-4-7-20(8-5-10)13(21)11-3-2-6-19-12(11)22-9-14(15,16)17;;/h2-3,6,10,18H,4-5,7-9H2,1H3;2*1H. The van der Waals surface area contributed by atoms with Gasteiger partial charge in [0.1, 0.15) is 5.56 Å². The van der Waals surface area contributed by atoms with Crippen LogP contribution in [0, 0.1) is 0 Å². The number of ether oxygens (including phenoxy) is 1. The van der Waals surface area contributed by atoms with Crippen molar-refractivity contribution < 1.29 is 22.7 Å². The predicted molar refractivity (Wildman–Crippen MR) is 88.3 cm³/mol. The highest BCUT2D eigenvalue weighted by Gasteiger charge is 2.30. The molecule has 5 nitrogen and oxygen atoms in total. The van der Waals surface area contributed by atoms with E-state index in [9.17, 15) is 18.0 Å². The molecule has 0 bridgehead atoms. The van der Waals surface area contributed by atoms with Gasteiger partial charge in [-0.05, 0) is 32.0 Å². The normalized spacial score (nSPS) is 15.2. The number of aromatic nitrogens is 1. The van der Waals surface area contributed by atoms with E-state index in [1.54, 1.807) is 4.90 Å². The topological polar surface area (TPSA) is 54.5 Å². The van der Waals surface area contributed by atoms with Crippen molar-refractivity contribution in [3.8, 4) is 5.88 Å². The van der Waals surface area contributed by atoms with E-state index in [4.69, 9.17) is 0 Å². The molecular weight excluding hydrogens is 370 g/mol. The molecule has 0 aliphatic carbocycles. The van der Waals surface area contributed by atoms with Crippen molar-refractivity contribution >= 4 is 30.7 Å². The van der Waals surface area contributed by atoms with Crippen LogP contribution in [-0.2, 0) is 0 Å². The smallest absolute Gasteiger partial charge is 0.422 e. The minimum Gasteiger partial charge on any atom is -0.467 e. The molecule has 0 atom stereocenters.